The smallest absolute Gasteiger partial charge is 0.169 e. The molecule has 0 atom stereocenters. The van der Waals surface area contributed by atoms with Gasteiger partial charge < -0.3 is 4.74 Å². The lowest BCUT2D eigenvalue weighted by molar-refractivity contribution is -0.149. The van der Waals surface area contributed by atoms with Gasteiger partial charge in [-0.25, -0.2) is 4.39 Å². The van der Waals surface area contributed by atoms with Crippen molar-refractivity contribution in [2.75, 3.05) is 6.61 Å². The van der Waals surface area contributed by atoms with Crippen LogP contribution < -0.4 is 0 Å². The van der Waals surface area contributed by atoms with Gasteiger partial charge in [-0.05, 0) is 62.3 Å². The summed E-state index contributed by atoms with van der Waals surface area (Å²) < 4.78 is 19.6. The molecule has 0 saturated heterocycles. The van der Waals surface area contributed by atoms with Crippen molar-refractivity contribution in [1.82, 2.24) is 0 Å². The molecule has 0 amide bonds. The first-order valence-corrected chi connectivity index (χ1v) is 7.96. The second-order valence-corrected chi connectivity index (χ2v) is 6.38. The van der Waals surface area contributed by atoms with Gasteiger partial charge in [-0.1, -0.05) is 18.5 Å². The maximum Gasteiger partial charge on any atom is 0.169 e. The van der Waals surface area contributed by atoms with Crippen molar-refractivity contribution < 1.29 is 13.9 Å². The van der Waals surface area contributed by atoms with E-state index in [9.17, 15) is 9.18 Å². The van der Waals surface area contributed by atoms with Crippen molar-refractivity contribution in [2.24, 2.45) is 5.92 Å². The van der Waals surface area contributed by atoms with Crippen LogP contribution >= 0.6 is 11.6 Å². The molecule has 1 aliphatic rings. The minimum Gasteiger partial charge on any atom is -0.367 e. The zero-order valence-corrected chi connectivity index (χ0v) is 13.4. The lowest BCUT2D eigenvalue weighted by atomic mass is 9.75. The summed E-state index contributed by atoms with van der Waals surface area (Å²) in [7, 11) is 0. The Kier molecular flexibility index (Phi) is 5.39. The molecule has 0 N–H and O–H groups in total. The van der Waals surface area contributed by atoms with Gasteiger partial charge in [-0.2, -0.15) is 0 Å². The van der Waals surface area contributed by atoms with E-state index in [0.29, 0.717) is 23.1 Å². The zero-order valence-electron chi connectivity index (χ0n) is 12.6. The van der Waals surface area contributed by atoms with Crippen molar-refractivity contribution in [3.63, 3.8) is 0 Å². The molecule has 1 fully saturated rings. The Labute approximate surface area is 130 Å². The Bertz CT molecular complexity index is 508. The van der Waals surface area contributed by atoms with E-state index in [2.05, 4.69) is 6.92 Å². The van der Waals surface area contributed by atoms with Crippen molar-refractivity contribution >= 4 is 17.4 Å². The predicted octanol–water partition coefficient (Wildman–Crippen LogP) is 4.58. The Morgan fingerprint density at radius 2 is 2.10 bits per heavy atom. The first-order chi connectivity index (χ1) is 9.97. The van der Waals surface area contributed by atoms with Crippen LogP contribution in [-0.2, 0) is 16.0 Å². The van der Waals surface area contributed by atoms with Gasteiger partial charge in [-0.3, -0.25) is 4.79 Å². The highest BCUT2D eigenvalue weighted by atomic mass is 35.5. The largest absolute Gasteiger partial charge is 0.367 e. The molecule has 1 aromatic rings. The third kappa shape index (κ3) is 3.83. The zero-order chi connectivity index (χ0) is 15.5. The third-order valence-corrected chi connectivity index (χ3v) is 4.60. The van der Waals surface area contributed by atoms with Crippen molar-refractivity contribution in [2.45, 2.75) is 51.6 Å². The van der Waals surface area contributed by atoms with Gasteiger partial charge in [-0.15, -0.1) is 0 Å². The first-order valence-electron chi connectivity index (χ1n) is 7.58. The molecular formula is C17H22ClFO2. The number of hydrogen-bond donors (Lipinski definition) is 0. The van der Waals surface area contributed by atoms with E-state index in [1.165, 1.54) is 18.2 Å². The fourth-order valence-electron chi connectivity index (χ4n) is 3.02. The summed E-state index contributed by atoms with van der Waals surface area (Å²) in [4.78, 5) is 12.7. The van der Waals surface area contributed by atoms with E-state index in [0.717, 1.165) is 25.7 Å². The van der Waals surface area contributed by atoms with Gasteiger partial charge in [0.2, 0.25) is 0 Å². The molecule has 0 heterocycles. The van der Waals surface area contributed by atoms with Crippen LogP contribution in [0.2, 0.25) is 5.02 Å². The molecule has 116 valence electrons. The highest BCUT2D eigenvalue weighted by molar-refractivity contribution is 6.30. The molecule has 1 aliphatic carbocycles. The second kappa shape index (κ2) is 6.89. The summed E-state index contributed by atoms with van der Waals surface area (Å²) in [5, 5.41) is 0.446. The maximum atomic E-state index is 13.8. The van der Waals surface area contributed by atoms with Crippen LogP contribution in [0.5, 0.6) is 0 Å². The number of hydrogen-bond acceptors (Lipinski definition) is 2. The van der Waals surface area contributed by atoms with Crippen LogP contribution in [0.4, 0.5) is 4.39 Å². The molecule has 2 rings (SSSR count). The second-order valence-electron chi connectivity index (χ2n) is 5.95. The number of rotatable bonds is 5. The van der Waals surface area contributed by atoms with Crippen LogP contribution in [0.3, 0.4) is 0 Å². The number of benzene rings is 1. The minimum atomic E-state index is -0.740. The molecule has 0 unspecified atom stereocenters. The lowest BCUT2D eigenvalue weighted by Gasteiger charge is -2.38. The quantitative estimate of drug-likeness (QED) is 0.795. The van der Waals surface area contributed by atoms with Crippen LogP contribution in [-0.4, -0.2) is 18.0 Å². The molecule has 0 radical (unpaired) electrons. The van der Waals surface area contributed by atoms with Crippen molar-refractivity contribution in [1.29, 1.82) is 0 Å². The standard InChI is InChI=1S/C17H22ClFO2/c1-3-21-17(8-6-12(2)7-9-17)16(20)11-13-10-14(18)4-5-15(13)19/h4-5,10,12H,3,6-9,11H2,1-2H3. The Balaban J connectivity index is 2.17. The van der Waals surface area contributed by atoms with Crippen LogP contribution in [0.25, 0.3) is 0 Å². The number of halogens is 2. The van der Waals surface area contributed by atoms with Crippen LogP contribution in [0.1, 0.15) is 45.1 Å². The summed E-state index contributed by atoms with van der Waals surface area (Å²) in [6, 6.07) is 4.33. The average Bonchev–Trinajstić information content (AvgIpc) is 2.46. The molecule has 0 bridgehead atoms. The molecule has 1 aromatic carbocycles. The molecule has 21 heavy (non-hydrogen) atoms. The number of carbonyl (C=O) groups is 1. The summed E-state index contributed by atoms with van der Waals surface area (Å²) in [5.74, 6) is 0.204. The number of Topliss-reactive ketones (excluding diaryl/α,β-unsaturated/α-hetero) is 1. The van der Waals surface area contributed by atoms with E-state index < -0.39 is 5.60 Å². The normalized spacial score (nSPS) is 25.8. The Morgan fingerprint density at radius 3 is 2.71 bits per heavy atom. The maximum absolute atomic E-state index is 13.8. The average molecular weight is 313 g/mol. The van der Waals surface area contributed by atoms with Gasteiger partial charge in [0.1, 0.15) is 11.4 Å². The summed E-state index contributed by atoms with van der Waals surface area (Å²) in [6.07, 6.45) is 3.44. The molecule has 0 spiro atoms. The Morgan fingerprint density at radius 1 is 1.43 bits per heavy atom. The van der Waals surface area contributed by atoms with E-state index in [-0.39, 0.29) is 18.0 Å². The van der Waals surface area contributed by atoms with Crippen LogP contribution in [0.15, 0.2) is 18.2 Å². The number of carbonyl (C=O) groups excluding carboxylic acids is 1. The van der Waals surface area contributed by atoms with E-state index in [1.807, 2.05) is 6.92 Å². The van der Waals surface area contributed by atoms with Crippen molar-refractivity contribution in [3.05, 3.63) is 34.6 Å². The van der Waals surface area contributed by atoms with E-state index >= 15 is 0 Å². The van der Waals surface area contributed by atoms with E-state index in [1.54, 1.807) is 0 Å². The number of ether oxygens (including phenoxy) is 1. The van der Waals surface area contributed by atoms with Gasteiger partial charge in [0.05, 0.1) is 0 Å². The lowest BCUT2D eigenvalue weighted by Crippen LogP contribution is -2.45. The highest BCUT2D eigenvalue weighted by Gasteiger charge is 2.41. The fraction of sp³-hybridized carbons (Fsp3) is 0.588. The van der Waals surface area contributed by atoms with E-state index in [4.69, 9.17) is 16.3 Å². The van der Waals surface area contributed by atoms with Gasteiger partial charge >= 0.3 is 0 Å². The first kappa shape index (κ1) is 16.4. The summed E-state index contributed by atoms with van der Waals surface area (Å²) in [6.45, 7) is 4.59. The predicted molar refractivity (Wildman–Crippen MR) is 82.1 cm³/mol. The van der Waals surface area contributed by atoms with Gasteiger partial charge in [0.25, 0.3) is 0 Å². The molecule has 0 aliphatic heterocycles. The van der Waals surface area contributed by atoms with Gasteiger partial charge in [0, 0.05) is 18.1 Å². The monoisotopic (exact) mass is 312 g/mol. The topological polar surface area (TPSA) is 26.3 Å². The van der Waals surface area contributed by atoms with Crippen LogP contribution in [0, 0.1) is 11.7 Å². The third-order valence-electron chi connectivity index (χ3n) is 4.37. The molecule has 2 nitrogen and oxygen atoms in total. The molecule has 4 heteroatoms. The highest BCUT2D eigenvalue weighted by Crippen LogP contribution is 2.36. The summed E-state index contributed by atoms with van der Waals surface area (Å²) in [5.41, 5.74) is -0.388. The SMILES string of the molecule is CCOC1(C(=O)Cc2cc(Cl)ccc2F)CCC(C)CC1. The van der Waals surface area contributed by atoms with Gasteiger partial charge in [0.15, 0.2) is 5.78 Å². The molecular weight excluding hydrogens is 291 g/mol. The number of ketones is 1. The summed E-state index contributed by atoms with van der Waals surface area (Å²) >= 11 is 5.89. The fourth-order valence-corrected chi connectivity index (χ4v) is 3.22. The minimum absolute atomic E-state index is 0.0302. The Hall–Kier alpha value is -0.930. The van der Waals surface area contributed by atoms with Crippen molar-refractivity contribution in [3.8, 4) is 0 Å². The molecule has 1 saturated carbocycles. The molecule has 0 aromatic heterocycles.